The molecule has 1 N–H and O–H groups in total. The van der Waals surface area contributed by atoms with Crippen molar-refractivity contribution in [3.05, 3.63) is 84.2 Å². The Bertz CT molecular complexity index is 1660. The van der Waals surface area contributed by atoms with Gasteiger partial charge >= 0.3 is 0 Å². The van der Waals surface area contributed by atoms with Crippen LogP contribution in [0.25, 0.3) is 17.1 Å². The summed E-state index contributed by atoms with van der Waals surface area (Å²) in [6, 6.07) is 19.2. The van der Waals surface area contributed by atoms with Crippen LogP contribution in [0.15, 0.2) is 82.8 Å². The number of nitrogens with zero attached hydrogens (tertiary/aromatic N) is 5. The van der Waals surface area contributed by atoms with Gasteiger partial charge in [0.2, 0.25) is 21.8 Å². The molecule has 0 aliphatic carbocycles. The smallest absolute Gasteiger partial charge is 0.243 e. The lowest BCUT2D eigenvalue weighted by molar-refractivity contribution is -0.131. The highest BCUT2D eigenvalue weighted by Crippen LogP contribution is 2.30. The van der Waals surface area contributed by atoms with E-state index in [-0.39, 0.29) is 29.0 Å². The van der Waals surface area contributed by atoms with Gasteiger partial charge in [-0.25, -0.2) is 17.1 Å². The monoisotopic (exact) mass is 596 g/mol. The van der Waals surface area contributed by atoms with E-state index >= 15 is 0 Å². The molecule has 0 saturated carbocycles. The quantitative estimate of drug-likeness (QED) is 0.277. The second-order valence-corrected chi connectivity index (χ2v) is 12.5. The summed E-state index contributed by atoms with van der Waals surface area (Å²) in [4.78, 5) is 26.7. The standard InChI is InChI=1S/C28H29FN6O4S2/c1-19-8-12-22(13-9-19)30-25(36)17-34(4)26(37)18-40-28-32-31-27(35(28)23-14-10-21(29)11-15-23)20-6-5-7-24(16-20)41(38,39)33(2)3/h5-16H,17-18H2,1-4H3,(H,30,36). The maximum Gasteiger partial charge on any atom is 0.243 e. The molecule has 0 radical (unpaired) electrons. The lowest BCUT2D eigenvalue weighted by Gasteiger charge is -2.17. The van der Waals surface area contributed by atoms with Crippen molar-refractivity contribution >= 4 is 39.3 Å². The van der Waals surface area contributed by atoms with E-state index in [1.165, 1.54) is 62.4 Å². The van der Waals surface area contributed by atoms with Crippen LogP contribution in [-0.4, -0.2) is 77.6 Å². The Labute approximate surface area is 242 Å². The average Bonchev–Trinajstić information content (AvgIpc) is 3.37. The lowest BCUT2D eigenvalue weighted by Crippen LogP contribution is -2.36. The van der Waals surface area contributed by atoms with Gasteiger partial charge in [0.05, 0.1) is 17.2 Å². The normalized spacial score (nSPS) is 11.5. The summed E-state index contributed by atoms with van der Waals surface area (Å²) in [6.45, 7) is 1.80. The van der Waals surface area contributed by atoms with Gasteiger partial charge in [-0.05, 0) is 55.5 Å². The third-order valence-corrected chi connectivity index (χ3v) is 8.78. The molecule has 0 atom stereocenters. The van der Waals surface area contributed by atoms with E-state index in [1.807, 2.05) is 19.1 Å². The first kappa shape index (κ1) is 29.9. The van der Waals surface area contributed by atoms with Crippen LogP contribution in [0.1, 0.15) is 5.56 Å². The van der Waals surface area contributed by atoms with Gasteiger partial charge in [-0.15, -0.1) is 10.2 Å². The van der Waals surface area contributed by atoms with Crippen LogP contribution in [0.4, 0.5) is 10.1 Å². The fourth-order valence-electron chi connectivity index (χ4n) is 3.76. The number of thioether (sulfide) groups is 1. The summed E-state index contributed by atoms with van der Waals surface area (Å²) < 4.78 is 41.9. The Hall–Kier alpha value is -4.07. The molecule has 2 amide bonds. The molecule has 1 heterocycles. The Morgan fingerprint density at radius 3 is 2.32 bits per heavy atom. The Morgan fingerprint density at radius 2 is 1.66 bits per heavy atom. The van der Waals surface area contributed by atoms with Gasteiger partial charge in [0, 0.05) is 38.1 Å². The number of rotatable bonds is 10. The van der Waals surface area contributed by atoms with Crippen molar-refractivity contribution in [3.8, 4) is 17.1 Å². The third kappa shape index (κ3) is 7.17. The SMILES string of the molecule is Cc1ccc(NC(=O)CN(C)C(=O)CSc2nnc(-c3cccc(S(=O)(=O)N(C)C)c3)n2-c2ccc(F)cc2)cc1. The van der Waals surface area contributed by atoms with Gasteiger partial charge in [0.25, 0.3) is 0 Å². The van der Waals surface area contributed by atoms with Crippen LogP contribution >= 0.6 is 11.8 Å². The topological polar surface area (TPSA) is 117 Å². The van der Waals surface area contributed by atoms with Crippen LogP contribution in [-0.2, 0) is 19.6 Å². The molecule has 214 valence electrons. The first-order valence-corrected chi connectivity index (χ1v) is 14.9. The van der Waals surface area contributed by atoms with Crippen LogP contribution in [0, 0.1) is 12.7 Å². The predicted molar refractivity (Wildman–Crippen MR) is 156 cm³/mol. The molecule has 3 aromatic carbocycles. The number of carbonyl (C=O) groups is 2. The molecule has 0 fully saturated rings. The summed E-state index contributed by atoms with van der Waals surface area (Å²) in [6.07, 6.45) is 0. The Balaban J connectivity index is 1.55. The van der Waals surface area contributed by atoms with Crippen molar-refractivity contribution < 1.29 is 22.4 Å². The number of nitrogens with one attached hydrogen (secondary N) is 1. The maximum atomic E-state index is 13.7. The molecular formula is C28H29FN6O4S2. The molecule has 10 nitrogen and oxygen atoms in total. The van der Waals surface area contributed by atoms with Crippen LogP contribution in [0.3, 0.4) is 0 Å². The van der Waals surface area contributed by atoms with Gasteiger partial charge in [0.15, 0.2) is 11.0 Å². The molecule has 13 heteroatoms. The number of carbonyl (C=O) groups excluding carboxylic acids is 2. The zero-order chi connectivity index (χ0) is 29.7. The van der Waals surface area contributed by atoms with E-state index in [2.05, 4.69) is 15.5 Å². The summed E-state index contributed by atoms with van der Waals surface area (Å²) >= 11 is 1.09. The van der Waals surface area contributed by atoms with E-state index in [9.17, 15) is 22.4 Å². The minimum absolute atomic E-state index is 0.0529. The second-order valence-electron chi connectivity index (χ2n) is 9.39. The third-order valence-electron chi connectivity index (χ3n) is 6.06. The van der Waals surface area contributed by atoms with Gasteiger partial charge < -0.3 is 10.2 Å². The number of benzene rings is 3. The Kier molecular flexibility index (Phi) is 9.21. The molecule has 4 aromatic rings. The van der Waals surface area contributed by atoms with E-state index in [4.69, 9.17) is 0 Å². The first-order valence-electron chi connectivity index (χ1n) is 12.4. The molecule has 0 saturated heterocycles. The van der Waals surface area contributed by atoms with E-state index in [0.717, 1.165) is 21.6 Å². The van der Waals surface area contributed by atoms with Gasteiger partial charge in [-0.3, -0.25) is 14.2 Å². The minimum atomic E-state index is -3.71. The van der Waals surface area contributed by atoms with Crippen LogP contribution < -0.4 is 5.32 Å². The van der Waals surface area contributed by atoms with Crippen molar-refractivity contribution in [1.82, 2.24) is 24.0 Å². The first-order chi connectivity index (χ1) is 19.5. The molecule has 0 aliphatic heterocycles. The number of anilines is 1. The second kappa shape index (κ2) is 12.6. The summed E-state index contributed by atoms with van der Waals surface area (Å²) in [5.41, 5.74) is 2.69. The Morgan fingerprint density at radius 1 is 0.976 bits per heavy atom. The van der Waals surface area contributed by atoms with Crippen molar-refractivity contribution in [1.29, 1.82) is 0 Å². The average molecular weight is 597 g/mol. The number of aryl methyl sites for hydroxylation is 1. The minimum Gasteiger partial charge on any atom is -0.336 e. The van der Waals surface area contributed by atoms with Crippen LogP contribution in [0.5, 0.6) is 0 Å². The van der Waals surface area contributed by atoms with Crippen molar-refractivity contribution in [2.45, 2.75) is 17.0 Å². The lowest BCUT2D eigenvalue weighted by atomic mass is 10.2. The fraction of sp³-hybridized carbons (Fsp3) is 0.214. The van der Waals surface area contributed by atoms with Gasteiger partial charge in [-0.1, -0.05) is 41.6 Å². The highest BCUT2D eigenvalue weighted by Gasteiger charge is 2.22. The number of hydrogen-bond acceptors (Lipinski definition) is 7. The predicted octanol–water partition coefficient (Wildman–Crippen LogP) is 3.82. The number of aromatic nitrogens is 3. The molecular weight excluding hydrogens is 567 g/mol. The zero-order valence-corrected chi connectivity index (χ0v) is 24.5. The highest BCUT2D eigenvalue weighted by atomic mass is 32.2. The summed E-state index contributed by atoms with van der Waals surface area (Å²) in [5.74, 6) is -0.823. The fourth-order valence-corrected chi connectivity index (χ4v) is 5.60. The number of likely N-dealkylation sites (N-methyl/N-ethyl adjacent to an activating group) is 1. The van der Waals surface area contributed by atoms with Gasteiger partial charge in [-0.2, -0.15) is 0 Å². The van der Waals surface area contributed by atoms with Gasteiger partial charge in [0.1, 0.15) is 5.82 Å². The molecule has 0 unspecified atom stereocenters. The van der Waals surface area contributed by atoms with E-state index in [0.29, 0.717) is 27.9 Å². The molecule has 0 spiro atoms. The van der Waals surface area contributed by atoms with Crippen molar-refractivity contribution in [2.75, 3.05) is 38.8 Å². The van der Waals surface area contributed by atoms with Crippen molar-refractivity contribution in [2.24, 2.45) is 0 Å². The molecule has 0 bridgehead atoms. The summed E-state index contributed by atoms with van der Waals surface area (Å²) in [7, 11) is 0.709. The van der Waals surface area contributed by atoms with E-state index < -0.39 is 15.8 Å². The van der Waals surface area contributed by atoms with E-state index in [1.54, 1.807) is 28.8 Å². The summed E-state index contributed by atoms with van der Waals surface area (Å²) in [5, 5.41) is 11.6. The molecule has 41 heavy (non-hydrogen) atoms. The molecule has 0 aliphatic rings. The number of sulfonamides is 1. The molecule has 4 rings (SSSR count). The molecule has 1 aromatic heterocycles. The van der Waals surface area contributed by atoms with Crippen LogP contribution in [0.2, 0.25) is 0 Å². The number of halogens is 1. The van der Waals surface area contributed by atoms with Crippen molar-refractivity contribution in [3.63, 3.8) is 0 Å². The zero-order valence-electron chi connectivity index (χ0n) is 22.9. The number of hydrogen-bond donors (Lipinski definition) is 1. The number of amides is 2. The highest BCUT2D eigenvalue weighted by molar-refractivity contribution is 7.99. The maximum absolute atomic E-state index is 13.7. The largest absolute Gasteiger partial charge is 0.336 e.